The van der Waals surface area contributed by atoms with E-state index in [1.807, 2.05) is 44.2 Å². The van der Waals surface area contributed by atoms with Crippen LogP contribution in [0.15, 0.2) is 54.6 Å². The molecule has 3 aromatic carbocycles. The molecule has 4 nitrogen and oxygen atoms in total. The molecule has 3 rings (SSSR count). The molecule has 158 valence electrons. The van der Waals surface area contributed by atoms with Crippen LogP contribution in [-0.4, -0.2) is 24.1 Å². The van der Waals surface area contributed by atoms with Crippen molar-refractivity contribution in [1.29, 1.82) is 0 Å². The number of phenolic OH excluding ortho intramolecular Hbond substituents is 1. The Morgan fingerprint density at radius 2 is 1.67 bits per heavy atom. The highest BCUT2D eigenvalue weighted by Crippen LogP contribution is 2.32. The van der Waals surface area contributed by atoms with E-state index in [0.29, 0.717) is 25.4 Å². The van der Waals surface area contributed by atoms with Crippen molar-refractivity contribution in [2.45, 2.75) is 40.0 Å². The van der Waals surface area contributed by atoms with E-state index in [4.69, 9.17) is 9.47 Å². The van der Waals surface area contributed by atoms with E-state index in [9.17, 15) is 9.90 Å². The summed E-state index contributed by atoms with van der Waals surface area (Å²) in [6.45, 7) is 6.49. The Balaban J connectivity index is 1.43. The molecule has 0 radical (unpaired) electrons. The molecule has 0 heterocycles. The van der Waals surface area contributed by atoms with Crippen molar-refractivity contribution in [3.63, 3.8) is 0 Å². The Bertz CT molecular complexity index is 1010. The van der Waals surface area contributed by atoms with Crippen LogP contribution in [0.1, 0.15) is 37.8 Å². The number of unbranched alkanes of at least 4 members (excludes halogenated alkanes) is 1. The number of carbonyl (C=O) groups is 1. The molecule has 1 unspecified atom stereocenters. The first kappa shape index (κ1) is 21.7. The minimum absolute atomic E-state index is 0.107. The second kappa shape index (κ2) is 10.1. The number of ether oxygens (including phenoxy) is 2. The van der Waals surface area contributed by atoms with Crippen molar-refractivity contribution >= 4 is 16.6 Å². The van der Waals surface area contributed by atoms with Gasteiger partial charge in [0.25, 0.3) is 0 Å². The third-order valence-electron chi connectivity index (χ3n) is 5.47. The summed E-state index contributed by atoms with van der Waals surface area (Å²) in [7, 11) is 0. The fourth-order valence-corrected chi connectivity index (χ4v) is 3.37. The molecule has 0 aliphatic heterocycles. The summed E-state index contributed by atoms with van der Waals surface area (Å²) in [5.74, 6) is 1.80. The molecule has 0 aliphatic rings. The minimum Gasteiger partial charge on any atom is -0.507 e. The average molecular weight is 407 g/mol. The first-order chi connectivity index (χ1) is 14.5. The van der Waals surface area contributed by atoms with Gasteiger partial charge in [-0.1, -0.05) is 43.3 Å². The fraction of sp³-hybridized carbons (Fsp3) is 0.346. The first-order valence-electron chi connectivity index (χ1n) is 10.5. The quantitative estimate of drug-likeness (QED) is 0.429. The van der Waals surface area contributed by atoms with Crippen LogP contribution in [0.2, 0.25) is 0 Å². The van der Waals surface area contributed by atoms with Gasteiger partial charge in [0.05, 0.1) is 13.2 Å². The lowest BCUT2D eigenvalue weighted by Gasteiger charge is -2.15. The first-order valence-corrected chi connectivity index (χ1v) is 10.5. The molecular weight excluding hydrogens is 376 g/mol. The van der Waals surface area contributed by atoms with Crippen LogP contribution < -0.4 is 9.47 Å². The van der Waals surface area contributed by atoms with Gasteiger partial charge in [-0.05, 0) is 67.6 Å². The number of fused-ring (bicyclic) bond motifs is 1. The number of Topliss-reactive ketones (excluding diaryl/α,β-unsaturated/α-hetero) is 1. The van der Waals surface area contributed by atoms with E-state index in [-0.39, 0.29) is 17.5 Å². The number of phenols is 1. The van der Waals surface area contributed by atoms with Crippen LogP contribution in [0.3, 0.4) is 0 Å². The van der Waals surface area contributed by atoms with E-state index in [1.54, 1.807) is 6.92 Å². The van der Waals surface area contributed by atoms with Crippen LogP contribution in [0.5, 0.6) is 17.2 Å². The molecule has 0 saturated heterocycles. The predicted molar refractivity (Wildman–Crippen MR) is 121 cm³/mol. The summed E-state index contributed by atoms with van der Waals surface area (Å²) in [5, 5.41) is 12.8. The molecule has 4 heteroatoms. The second-order valence-corrected chi connectivity index (χ2v) is 7.83. The maximum atomic E-state index is 11.5. The van der Waals surface area contributed by atoms with Gasteiger partial charge in [0.15, 0.2) is 0 Å². The third-order valence-corrected chi connectivity index (χ3v) is 5.47. The summed E-state index contributed by atoms with van der Waals surface area (Å²) < 4.78 is 11.7. The Morgan fingerprint density at radius 1 is 0.967 bits per heavy atom. The average Bonchev–Trinajstić information content (AvgIpc) is 2.75. The van der Waals surface area contributed by atoms with Crippen molar-refractivity contribution in [2.75, 3.05) is 13.2 Å². The van der Waals surface area contributed by atoms with Crippen LogP contribution >= 0.6 is 0 Å². The Kier molecular flexibility index (Phi) is 7.34. The molecule has 0 fully saturated rings. The van der Waals surface area contributed by atoms with Gasteiger partial charge in [-0.3, -0.25) is 4.79 Å². The van der Waals surface area contributed by atoms with Crippen molar-refractivity contribution in [2.24, 2.45) is 5.92 Å². The Hall–Kier alpha value is -3.01. The molecule has 0 bridgehead atoms. The van der Waals surface area contributed by atoms with E-state index < -0.39 is 0 Å². The summed E-state index contributed by atoms with van der Waals surface area (Å²) in [6.07, 6.45) is 2.28. The van der Waals surface area contributed by atoms with Gasteiger partial charge in [0.2, 0.25) is 0 Å². The largest absolute Gasteiger partial charge is 0.507 e. The van der Waals surface area contributed by atoms with Crippen molar-refractivity contribution in [3.05, 3.63) is 65.7 Å². The predicted octanol–water partition coefficient (Wildman–Crippen LogP) is 5.86. The van der Waals surface area contributed by atoms with Gasteiger partial charge in [-0.15, -0.1) is 0 Å². The maximum Gasteiger partial charge on any atom is 0.132 e. The molecule has 1 atom stereocenters. The van der Waals surface area contributed by atoms with Gasteiger partial charge >= 0.3 is 0 Å². The van der Waals surface area contributed by atoms with Crippen LogP contribution in [0, 0.1) is 12.8 Å². The lowest BCUT2D eigenvalue weighted by atomic mass is 9.95. The van der Waals surface area contributed by atoms with Crippen LogP contribution in [-0.2, 0) is 11.2 Å². The fourth-order valence-electron chi connectivity index (χ4n) is 3.37. The Morgan fingerprint density at radius 3 is 2.40 bits per heavy atom. The monoisotopic (exact) mass is 406 g/mol. The van der Waals surface area contributed by atoms with Crippen molar-refractivity contribution in [3.8, 4) is 17.2 Å². The lowest BCUT2D eigenvalue weighted by molar-refractivity contribution is -0.120. The number of hydrogen-bond donors (Lipinski definition) is 1. The number of ketones is 1. The zero-order chi connectivity index (χ0) is 21.5. The topological polar surface area (TPSA) is 55.8 Å². The van der Waals surface area contributed by atoms with Gasteiger partial charge in [0.1, 0.15) is 23.0 Å². The van der Waals surface area contributed by atoms with Gasteiger partial charge in [-0.2, -0.15) is 0 Å². The van der Waals surface area contributed by atoms with E-state index in [2.05, 4.69) is 24.3 Å². The molecule has 0 amide bonds. The summed E-state index contributed by atoms with van der Waals surface area (Å²) in [6, 6.07) is 18.1. The smallest absolute Gasteiger partial charge is 0.132 e. The van der Waals surface area contributed by atoms with Crippen LogP contribution in [0.4, 0.5) is 0 Å². The van der Waals surface area contributed by atoms with Crippen molar-refractivity contribution < 1.29 is 19.4 Å². The highest BCUT2D eigenvalue weighted by molar-refractivity contribution is 5.83. The zero-order valence-electron chi connectivity index (χ0n) is 18.0. The highest BCUT2D eigenvalue weighted by atomic mass is 16.5. The number of carbonyl (C=O) groups excluding carboxylic acids is 1. The molecule has 30 heavy (non-hydrogen) atoms. The van der Waals surface area contributed by atoms with Gasteiger partial charge < -0.3 is 14.6 Å². The van der Waals surface area contributed by atoms with E-state index >= 15 is 0 Å². The number of aromatic hydroxyl groups is 1. The molecule has 0 saturated carbocycles. The third kappa shape index (κ3) is 5.53. The summed E-state index contributed by atoms with van der Waals surface area (Å²) in [5.41, 5.74) is 1.50. The Labute approximate surface area is 178 Å². The van der Waals surface area contributed by atoms with Gasteiger partial charge in [-0.25, -0.2) is 0 Å². The van der Waals surface area contributed by atoms with Gasteiger partial charge in [0, 0.05) is 11.5 Å². The SMILES string of the molecule is CC(=O)C(C)Cc1ccc(OCCCCOc2ccc3ccccc3c2)c(C)c1O. The summed E-state index contributed by atoms with van der Waals surface area (Å²) in [4.78, 5) is 11.5. The minimum atomic E-state index is -0.107. The normalized spacial score (nSPS) is 12.0. The number of rotatable bonds is 10. The van der Waals surface area contributed by atoms with E-state index in [1.165, 1.54) is 10.8 Å². The zero-order valence-corrected chi connectivity index (χ0v) is 18.0. The molecule has 0 aliphatic carbocycles. The maximum absolute atomic E-state index is 11.5. The molecular formula is C26H30O4. The number of hydrogen-bond acceptors (Lipinski definition) is 4. The second-order valence-electron chi connectivity index (χ2n) is 7.83. The van der Waals surface area contributed by atoms with E-state index in [0.717, 1.165) is 29.7 Å². The number of benzene rings is 3. The molecule has 3 aromatic rings. The van der Waals surface area contributed by atoms with Crippen molar-refractivity contribution in [1.82, 2.24) is 0 Å². The molecule has 0 aromatic heterocycles. The van der Waals surface area contributed by atoms with Crippen LogP contribution in [0.25, 0.3) is 10.8 Å². The highest BCUT2D eigenvalue weighted by Gasteiger charge is 2.15. The summed E-state index contributed by atoms with van der Waals surface area (Å²) >= 11 is 0. The standard InChI is InChI=1S/C26H30O4/c1-18(20(3)27)16-23-11-13-25(19(2)26(23)28)30-15-7-6-14-29-24-12-10-21-8-4-5-9-22(21)17-24/h4-5,8-13,17-18,28H,6-7,14-16H2,1-3H3. The molecule has 0 spiro atoms. The molecule has 1 N–H and O–H groups in total. The lowest BCUT2D eigenvalue weighted by Crippen LogP contribution is -2.10.